The van der Waals surface area contributed by atoms with E-state index in [0.29, 0.717) is 0 Å². The number of rotatable bonds is 6. The Balaban J connectivity index is 1.34. The maximum atomic E-state index is 4.63. The van der Waals surface area contributed by atoms with E-state index in [1.54, 1.807) is 11.3 Å². The standard InChI is InChI=1S/C24H21N5S/c1-16-28-22(18-11-19(14-25-13-18)23-7-4-10-30-23)12-24(29-16)26-9-8-17-15-27-21-6-3-2-5-20(17)21/h2-7,10-15,27H,8-9H2,1H3,(H,26,28,29). The van der Waals surface area contributed by atoms with Crippen molar-refractivity contribution >= 4 is 28.1 Å². The Bertz CT molecular complexity index is 1290. The fourth-order valence-corrected chi connectivity index (χ4v) is 4.34. The molecule has 4 heterocycles. The van der Waals surface area contributed by atoms with E-state index in [2.05, 4.69) is 73.2 Å². The molecule has 0 aliphatic carbocycles. The number of hydrogen-bond donors (Lipinski definition) is 2. The molecule has 5 nitrogen and oxygen atoms in total. The van der Waals surface area contributed by atoms with Crippen LogP contribution in [-0.4, -0.2) is 26.5 Å². The van der Waals surface area contributed by atoms with Gasteiger partial charge in [-0.25, -0.2) is 9.97 Å². The molecule has 4 aromatic heterocycles. The lowest BCUT2D eigenvalue weighted by Gasteiger charge is -2.09. The molecule has 0 aliphatic heterocycles. The molecule has 0 atom stereocenters. The van der Waals surface area contributed by atoms with Gasteiger partial charge in [-0.3, -0.25) is 4.98 Å². The van der Waals surface area contributed by atoms with Gasteiger partial charge in [0.2, 0.25) is 0 Å². The van der Waals surface area contributed by atoms with Crippen LogP contribution in [0.1, 0.15) is 11.4 Å². The molecule has 6 heteroatoms. The number of hydrogen-bond acceptors (Lipinski definition) is 5. The molecule has 1 aromatic carbocycles. The third-order valence-corrected chi connectivity index (χ3v) is 5.97. The van der Waals surface area contributed by atoms with E-state index in [1.807, 2.05) is 31.5 Å². The average molecular weight is 412 g/mol. The van der Waals surface area contributed by atoms with E-state index in [0.717, 1.165) is 41.4 Å². The lowest BCUT2D eigenvalue weighted by molar-refractivity contribution is 0.988. The monoisotopic (exact) mass is 411 g/mol. The summed E-state index contributed by atoms with van der Waals surface area (Å²) in [5.41, 5.74) is 5.45. The molecule has 0 spiro atoms. The van der Waals surface area contributed by atoms with Crippen LogP contribution < -0.4 is 5.32 Å². The van der Waals surface area contributed by atoms with Crippen molar-refractivity contribution in [2.45, 2.75) is 13.3 Å². The largest absolute Gasteiger partial charge is 0.370 e. The van der Waals surface area contributed by atoms with Gasteiger partial charge >= 0.3 is 0 Å². The summed E-state index contributed by atoms with van der Waals surface area (Å²) in [5, 5.41) is 6.81. The van der Waals surface area contributed by atoms with Gasteiger partial charge in [-0.05, 0) is 42.5 Å². The lowest BCUT2D eigenvalue weighted by Crippen LogP contribution is -2.07. The predicted octanol–water partition coefficient (Wildman–Crippen LogP) is 5.71. The number of anilines is 1. The number of nitrogens with one attached hydrogen (secondary N) is 2. The summed E-state index contributed by atoms with van der Waals surface area (Å²) in [6.07, 6.45) is 6.75. The second-order valence-electron chi connectivity index (χ2n) is 7.16. The van der Waals surface area contributed by atoms with Gasteiger partial charge in [0.05, 0.1) is 5.69 Å². The summed E-state index contributed by atoms with van der Waals surface area (Å²) in [7, 11) is 0. The van der Waals surface area contributed by atoms with Crippen molar-refractivity contribution in [3.8, 4) is 21.7 Å². The highest BCUT2D eigenvalue weighted by Gasteiger charge is 2.08. The maximum absolute atomic E-state index is 4.63. The zero-order valence-electron chi connectivity index (χ0n) is 16.6. The molecule has 0 bridgehead atoms. The van der Waals surface area contributed by atoms with E-state index < -0.39 is 0 Å². The smallest absolute Gasteiger partial charge is 0.130 e. The van der Waals surface area contributed by atoms with E-state index in [1.165, 1.54) is 21.3 Å². The minimum Gasteiger partial charge on any atom is -0.370 e. The molecule has 0 unspecified atom stereocenters. The molecule has 0 saturated heterocycles. The van der Waals surface area contributed by atoms with Gasteiger partial charge in [0.1, 0.15) is 11.6 Å². The molecule has 5 rings (SSSR count). The molecule has 5 aromatic rings. The number of pyridine rings is 1. The van der Waals surface area contributed by atoms with Crippen molar-refractivity contribution in [2.75, 3.05) is 11.9 Å². The fourth-order valence-electron chi connectivity index (χ4n) is 3.63. The topological polar surface area (TPSA) is 66.5 Å². The number of fused-ring (bicyclic) bond motifs is 1. The van der Waals surface area contributed by atoms with E-state index in [4.69, 9.17) is 0 Å². The van der Waals surface area contributed by atoms with Crippen LogP contribution in [0.2, 0.25) is 0 Å². The molecule has 0 amide bonds. The van der Waals surface area contributed by atoms with Gasteiger partial charge in [0.25, 0.3) is 0 Å². The number of H-pyrrole nitrogens is 1. The molecule has 148 valence electrons. The fraction of sp³-hybridized carbons (Fsp3) is 0.125. The van der Waals surface area contributed by atoms with E-state index in [-0.39, 0.29) is 0 Å². The van der Waals surface area contributed by atoms with Gasteiger partial charge in [-0.2, -0.15) is 0 Å². The number of benzene rings is 1. The summed E-state index contributed by atoms with van der Waals surface area (Å²) in [6.45, 7) is 2.72. The van der Waals surface area contributed by atoms with Gasteiger partial charge < -0.3 is 10.3 Å². The van der Waals surface area contributed by atoms with E-state index in [9.17, 15) is 0 Å². The highest BCUT2D eigenvalue weighted by Crippen LogP contribution is 2.28. The summed E-state index contributed by atoms with van der Waals surface area (Å²) < 4.78 is 0. The van der Waals surface area contributed by atoms with Crippen molar-refractivity contribution in [3.63, 3.8) is 0 Å². The molecular weight excluding hydrogens is 390 g/mol. The molecule has 0 radical (unpaired) electrons. The van der Waals surface area contributed by atoms with Crippen molar-refractivity contribution in [1.29, 1.82) is 0 Å². The van der Waals surface area contributed by atoms with Crippen molar-refractivity contribution < 1.29 is 0 Å². The third-order valence-electron chi connectivity index (χ3n) is 5.05. The van der Waals surface area contributed by atoms with Gasteiger partial charge in [0.15, 0.2) is 0 Å². The summed E-state index contributed by atoms with van der Waals surface area (Å²) in [4.78, 5) is 18.2. The Labute approximate surface area is 178 Å². The first-order valence-electron chi connectivity index (χ1n) is 9.90. The zero-order chi connectivity index (χ0) is 20.3. The highest BCUT2D eigenvalue weighted by molar-refractivity contribution is 7.13. The average Bonchev–Trinajstić information content (AvgIpc) is 3.44. The summed E-state index contributed by atoms with van der Waals surface area (Å²) >= 11 is 1.71. The number of para-hydroxylation sites is 1. The number of aromatic amines is 1. The number of nitrogens with zero attached hydrogens (tertiary/aromatic N) is 3. The maximum Gasteiger partial charge on any atom is 0.130 e. The van der Waals surface area contributed by atoms with Crippen LogP contribution in [0.3, 0.4) is 0 Å². The third kappa shape index (κ3) is 3.82. The van der Waals surface area contributed by atoms with Gasteiger partial charge in [0, 0.05) is 58.1 Å². The first kappa shape index (κ1) is 18.5. The Morgan fingerprint density at radius 2 is 1.90 bits per heavy atom. The zero-order valence-corrected chi connectivity index (χ0v) is 17.4. The molecule has 2 N–H and O–H groups in total. The van der Waals surface area contributed by atoms with Crippen LogP contribution >= 0.6 is 11.3 Å². The van der Waals surface area contributed by atoms with Crippen LogP contribution in [-0.2, 0) is 6.42 Å². The van der Waals surface area contributed by atoms with Crippen molar-refractivity contribution in [3.05, 3.63) is 83.9 Å². The Hall–Kier alpha value is -3.51. The molecule has 0 aliphatic rings. The molecule has 0 fully saturated rings. The normalized spacial score (nSPS) is 11.1. The minimum atomic E-state index is 0.739. The molecular formula is C24H21N5S. The molecule has 30 heavy (non-hydrogen) atoms. The lowest BCUT2D eigenvalue weighted by atomic mass is 10.1. The second-order valence-corrected chi connectivity index (χ2v) is 8.11. The van der Waals surface area contributed by atoms with Crippen LogP contribution in [0, 0.1) is 6.92 Å². The first-order valence-corrected chi connectivity index (χ1v) is 10.8. The Morgan fingerprint density at radius 3 is 2.80 bits per heavy atom. The number of aryl methyl sites for hydroxylation is 1. The quantitative estimate of drug-likeness (QED) is 0.375. The Morgan fingerprint density at radius 1 is 1.00 bits per heavy atom. The second kappa shape index (κ2) is 8.08. The number of thiophene rings is 1. The summed E-state index contributed by atoms with van der Waals surface area (Å²) in [6, 6.07) is 16.7. The van der Waals surface area contributed by atoms with Crippen molar-refractivity contribution in [2.24, 2.45) is 0 Å². The predicted molar refractivity (Wildman–Crippen MR) is 124 cm³/mol. The molecule has 0 saturated carbocycles. The van der Waals surface area contributed by atoms with Gasteiger partial charge in [-0.1, -0.05) is 24.3 Å². The van der Waals surface area contributed by atoms with Crippen LogP contribution in [0.15, 0.2) is 72.5 Å². The SMILES string of the molecule is Cc1nc(NCCc2c[nH]c3ccccc23)cc(-c2cncc(-c3cccs3)c2)n1. The first-order chi connectivity index (χ1) is 14.8. The highest BCUT2D eigenvalue weighted by atomic mass is 32.1. The summed E-state index contributed by atoms with van der Waals surface area (Å²) in [5.74, 6) is 1.57. The van der Waals surface area contributed by atoms with E-state index >= 15 is 0 Å². The van der Waals surface area contributed by atoms with Crippen LogP contribution in [0.5, 0.6) is 0 Å². The Kier molecular flexibility index (Phi) is 4.99. The number of aromatic nitrogens is 4. The van der Waals surface area contributed by atoms with Crippen molar-refractivity contribution in [1.82, 2.24) is 19.9 Å². The van der Waals surface area contributed by atoms with Crippen LogP contribution in [0.4, 0.5) is 5.82 Å². The van der Waals surface area contributed by atoms with Crippen LogP contribution in [0.25, 0.3) is 32.6 Å². The minimum absolute atomic E-state index is 0.739. The van der Waals surface area contributed by atoms with Gasteiger partial charge in [-0.15, -0.1) is 11.3 Å².